The van der Waals surface area contributed by atoms with Crippen molar-refractivity contribution < 1.29 is 9.59 Å². The zero-order valence-electron chi connectivity index (χ0n) is 22.5. The van der Waals surface area contributed by atoms with E-state index in [1.165, 1.54) is 15.2 Å². The molecule has 1 unspecified atom stereocenters. The molecule has 2 aromatic carbocycles. The SMILES string of the molecule is CN(C)C/C=C/C(=O)Nc1ccc(C(=O)N2CCCC(Nc3ncc(Cl)c(C4=[CH][Sn][c]5ccccc54)n3)C2)cc1. The summed E-state index contributed by atoms with van der Waals surface area (Å²) in [6.45, 7) is 1.93. The van der Waals surface area contributed by atoms with Crippen molar-refractivity contribution in [1.82, 2.24) is 19.8 Å². The fourth-order valence-electron chi connectivity index (χ4n) is 4.79. The molecule has 40 heavy (non-hydrogen) atoms. The minimum absolute atomic E-state index is 0.0283. The van der Waals surface area contributed by atoms with Crippen molar-refractivity contribution in [2.75, 3.05) is 44.4 Å². The molecule has 204 valence electrons. The standard InChI is InChI=1S/C30H31ClN6O2.Sn/c1-21(22-9-5-4-6-10-22)28-26(31)19-32-30(35-28)34-25-11-7-18-37(20-25)29(39)23-13-15-24(16-14-23)33-27(38)12-8-17-36(2)3;/h1,4-6,8-9,12-16,19,25H,7,11,17-18,20H2,2-3H3,(H,33,38)(H,32,34,35);/b12-8+,21-1?;. The van der Waals surface area contributed by atoms with Crippen LogP contribution in [0.1, 0.15) is 34.5 Å². The molecule has 3 heterocycles. The molecule has 1 saturated heterocycles. The monoisotopic (exact) mass is 662 g/mol. The number of nitrogens with zero attached hydrogens (tertiary/aromatic N) is 4. The van der Waals surface area contributed by atoms with Crippen LogP contribution in [0.3, 0.4) is 0 Å². The molecule has 10 heteroatoms. The molecule has 0 spiro atoms. The van der Waals surface area contributed by atoms with E-state index in [0.29, 0.717) is 41.9 Å². The molecular weight excluding hydrogens is 631 g/mol. The maximum absolute atomic E-state index is 13.3. The Morgan fingerprint density at radius 2 is 1.98 bits per heavy atom. The zero-order chi connectivity index (χ0) is 28.1. The molecule has 2 aliphatic rings. The third-order valence-corrected chi connectivity index (χ3v) is 10.4. The molecule has 1 fully saturated rings. The number of anilines is 2. The first kappa shape index (κ1) is 28.3. The number of likely N-dealkylation sites (tertiary alicyclic amines) is 1. The fourth-order valence-corrected chi connectivity index (χ4v) is 8.29. The molecule has 0 saturated carbocycles. The molecule has 2 N–H and O–H groups in total. The molecule has 1 atom stereocenters. The summed E-state index contributed by atoms with van der Waals surface area (Å²) in [5.74, 6) is 0.287. The number of nitrogens with one attached hydrogen (secondary N) is 2. The van der Waals surface area contributed by atoms with Crippen molar-refractivity contribution in [2.24, 2.45) is 0 Å². The maximum atomic E-state index is 13.3. The number of benzene rings is 2. The van der Waals surface area contributed by atoms with E-state index in [1.807, 2.05) is 30.0 Å². The van der Waals surface area contributed by atoms with Gasteiger partial charge in [0.1, 0.15) is 0 Å². The molecule has 1 aromatic heterocycles. The summed E-state index contributed by atoms with van der Waals surface area (Å²) in [5, 5.41) is 6.81. The topological polar surface area (TPSA) is 90.5 Å². The van der Waals surface area contributed by atoms with Crippen LogP contribution in [0.4, 0.5) is 11.6 Å². The minimum Gasteiger partial charge on any atom is -0.0377 e. The van der Waals surface area contributed by atoms with Gasteiger partial charge in [0.2, 0.25) is 5.91 Å². The number of halogens is 1. The summed E-state index contributed by atoms with van der Waals surface area (Å²) in [6.07, 6.45) is 6.76. The zero-order valence-corrected chi connectivity index (χ0v) is 26.1. The number of carbonyl (C=O) groups excluding carboxylic acids is 2. The van der Waals surface area contributed by atoms with E-state index in [1.54, 1.807) is 36.5 Å². The number of piperidine rings is 1. The van der Waals surface area contributed by atoms with E-state index in [9.17, 15) is 9.59 Å². The average Bonchev–Trinajstić information content (AvgIpc) is 3.38. The number of aromatic nitrogens is 2. The van der Waals surface area contributed by atoms with Gasteiger partial charge in [-0.2, -0.15) is 0 Å². The molecule has 5 rings (SSSR count). The van der Waals surface area contributed by atoms with Crippen LogP contribution < -0.4 is 14.2 Å². The predicted molar refractivity (Wildman–Crippen MR) is 161 cm³/mol. The Labute approximate surface area is 249 Å². The van der Waals surface area contributed by atoms with Gasteiger partial charge in [0.15, 0.2) is 0 Å². The molecule has 0 aliphatic carbocycles. The molecule has 0 bridgehead atoms. The van der Waals surface area contributed by atoms with Gasteiger partial charge in [-0.3, -0.25) is 4.79 Å². The van der Waals surface area contributed by atoms with Gasteiger partial charge in [-0.1, -0.05) is 6.08 Å². The number of amides is 2. The number of fused-ring (bicyclic) bond motifs is 1. The minimum atomic E-state index is -0.780. The first-order valence-electron chi connectivity index (χ1n) is 13.2. The molecular formula is C30H31ClN6O2Sn. The van der Waals surface area contributed by atoms with Gasteiger partial charge in [-0.05, 0) is 26.2 Å². The summed E-state index contributed by atoms with van der Waals surface area (Å²) in [6, 6.07) is 15.5. The second kappa shape index (κ2) is 13.0. The van der Waals surface area contributed by atoms with Crippen LogP contribution in [0.5, 0.6) is 0 Å². The number of hydrogen-bond donors (Lipinski definition) is 2. The number of likely N-dealkylation sites (N-methyl/N-ethyl adjacent to an activating group) is 1. The summed E-state index contributed by atoms with van der Waals surface area (Å²) in [7, 11) is 3.88. The third-order valence-electron chi connectivity index (χ3n) is 6.77. The second-order valence-electron chi connectivity index (χ2n) is 10.1. The van der Waals surface area contributed by atoms with Gasteiger partial charge in [0.25, 0.3) is 0 Å². The Bertz CT molecular complexity index is 1460. The van der Waals surface area contributed by atoms with Gasteiger partial charge in [-0.15, -0.1) is 0 Å². The Morgan fingerprint density at radius 3 is 2.77 bits per heavy atom. The second-order valence-corrected chi connectivity index (χ2v) is 13.7. The van der Waals surface area contributed by atoms with Crippen molar-refractivity contribution >= 4 is 65.3 Å². The van der Waals surface area contributed by atoms with Gasteiger partial charge in [0.05, 0.1) is 0 Å². The summed E-state index contributed by atoms with van der Waals surface area (Å²) >= 11 is 5.75. The van der Waals surface area contributed by atoms with Gasteiger partial charge < -0.3 is 10.2 Å². The summed E-state index contributed by atoms with van der Waals surface area (Å²) < 4.78 is 3.75. The number of rotatable bonds is 8. The normalized spacial score (nSPS) is 16.6. The van der Waals surface area contributed by atoms with Crippen LogP contribution in [-0.2, 0) is 4.79 Å². The average molecular weight is 662 g/mol. The van der Waals surface area contributed by atoms with Crippen LogP contribution in [0.2, 0.25) is 5.02 Å². The third kappa shape index (κ3) is 6.91. The number of carbonyl (C=O) groups is 2. The van der Waals surface area contributed by atoms with Crippen molar-refractivity contribution in [3.05, 3.63) is 92.8 Å². The van der Waals surface area contributed by atoms with Crippen LogP contribution in [-0.4, -0.2) is 92.5 Å². The van der Waals surface area contributed by atoms with E-state index in [-0.39, 0.29) is 17.9 Å². The van der Waals surface area contributed by atoms with E-state index in [0.717, 1.165) is 24.1 Å². The summed E-state index contributed by atoms with van der Waals surface area (Å²) in [4.78, 5) is 38.4. The van der Waals surface area contributed by atoms with Crippen LogP contribution in [0.15, 0.2) is 71.0 Å². The van der Waals surface area contributed by atoms with Crippen molar-refractivity contribution in [3.8, 4) is 0 Å². The van der Waals surface area contributed by atoms with Gasteiger partial charge >= 0.3 is 179 Å². The van der Waals surface area contributed by atoms with E-state index in [2.05, 4.69) is 37.9 Å². The Morgan fingerprint density at radius 1 is 1.18 bits per heavy atom. The predicted octanol–water partition coefficient (Wildman–Crippen LogP) is 3.64. The molecule has 3 aromatic rings. The molecule has 2 radical (unpaired) electrons. The number of hydrogen-bond acceptors (Lipinski definition) is 6. The quantitative estimate of drug-likeness (QED) is 0.283. The first-order chi connectivity index (χ1) is 19.4. The smallest absolute Gasteiger partial charge is 0.0377 e. The van der Waals surface area contributed by atoms with Crippen LogP contribution in [0, 0.1) is 0 Å². The van der Waals surface area contributed by atoms with E-state index in [4.69, 9.17) is 16.6 Å². The van der Waals surface area contributed by atoms with Crippen LogP contribution >= 0.6 is 11.6 Å². The van der Waals surface area contributed by atoms with Gasteiger partial charge in [-0.25, -0.2) is 0 Å². The van der Waals surface area contributed by atoms with E-state index >= 15 is 0 Å². The fraction of sp³-hybridized carbons (Fsp3) is 0.267. The first-order valence-corrected chi connectivity index (χ1v) is 16.7. The Hall–Kier alpha value is -3.21. The summed E-state index contributed by atoms with van der Waals surface area (Å²) in [5.41, 5.74) is 4.31. The molecule has 2 amide bonds. The van der Waals surface area contributed by atoms with Crippen molar-refractivity contribution in [3.63, 3.8) is 0 Å². The van der Waals surface area contributed by atoms with Crippen molar-refractivity contribution in [2.45, 2.75) is 18.9 Å². The Balaban J connectivity index is 1.20. The Kier molecular flexibility index (Phi) is 9.18. The van der Waals surface area contributed by atoms with Crippen LogP contribution in [0.25, 0.3) is 5.57 Å². The van der Waals surface area contributed by atoms with Gasteiger partial charge in [0, 0.05) is 18.3 Å². The molecule has 8 nitrogen and oxygen atoms in total. The van der Waals surface area contributed by atoms with Crippen molar-refractivity contribution in [1.29, 1.82) is 0 Å². The van der Waals surface area contributed by atoms with E-state index < -0.39 is 21.1 Å². The molecule has 2 aliphatic heterocycles.